The van der Waals surface area contributed by atoms with E-state index >= 15 is 0 Å². The molecule has 1 N–H and O–H groups in total. The van der Waals surface area contributed by atoms with Crippen molar-refractivity contribution in [3.8, 4) is 0 Å². The zero-order chi connectivity index (χ0) is 24.6. The first kappa shape index (κ1) is 23.6. The Bertz CT molecular complexity index is 1500. The number of benzene rings is 3. The highest BCUT2D eigenvalue weighted by Crippen LogP contribution is 2.31. The molecule has 0 bridgehead atoms. The summed E-state index contributed by atoms with van der Waals surface area (Å²) in [6, 6.07) is 22.0. The number of aromatic nitrogens is 1. The number of nitrogens with one attached hydrogen (secondary N) is 1. The largest absolute Gasteiger partial charge is 0.341 e. The fourth-order valence-electron chi connectivity index (χ4n) is 5.22. The van der Waals surface area contributed by atoms with Crippen LogP contribution in [0.2, 0.25) is 0 Å². The third-order valence-corrected chi connectivity index (χ3v) is 8.86. The number of para-hydroxylation sites is 1. The lowest BCUT2D eigenvalue weighted by Gasteiger charge is -2.30. The van der Waals surface area contributed by atoms with Gasteiger partial charge in [0, 0.05) is 53.0 Å². The number of anilines is 1. The van der Waals surface area contributed by atoms with Gasteiger partial charge in [0.2, 0.25) is 15.9 Å². The monoisotopic (exact) mass is 489 g/mol. The van der Waals surface area contributed by atoms with Gasteiger partial charge in [0.1, 0.15) is 0 Å². The Morgan fingerprint density at radius 2 is 1.69 bits per heavy atom. The van der Waals surface area contributed by atoms with Gasteiger partial charge >= 0.3 is 0 Å². The summed E-state index contributed by atoms with van der Waals surface area (Å²) in [5.41, 5.74) is 4.96. The molecule has 0 radical (unpaired) electrons. The number of hydrogen-bond acceptors (Lipinski definition) is 3. The molecule has 7 heteroatoms. The van der Waals surface area contributed by atoms with E-state index in [1.807, 2.05) is 55.5 Å². The average Bonchev–Trinajstić information content (AvgIpc) is 3.17. The molecule has 35 heavy (non-hydrogen) atoms. The molecule has 182 valence electrons. The van der Waals surface area contributed by atoms with E-state index in [0.29, 0.717) is 25.9 Å². The Balaban J connectivity index is 1.26. The van der Waals surface area contributed by atoms with Gasteiger partial charge in [-0.25, -0.2) is 12.7 Å². The molecule has 5 rings (SSSR count). The molecule has 3 aromatic carbocycles. The third kappa shape index (κ3) is 4.70. The Labute approximate surface area is 206 Å². The molecule has 1 amide bonds. The van der Waals surface area contributed by atoms with Crippen molar-refractivity contribution in [3.05, 3.63) is 77.9 Å². The van der Waals surface area contributed by atoms with Crippen LogP contribution in [0.4, 0.5) is 5.69 Å². The van der Waals surface area contributed by atoms with Crippen molar-refractivity contribution in [2.45, 2.75) is 39.0 Å². The summed E-state index contributed by atoms with van der Waals surface area (Å²) in [5, 5.41) is 5.38. The number of piperidine rings is 1. The number of amides is 1. The molecule has 1 saturated heterocycles. The van der Waals surface area contributed by atoms with Crippen LogP contribution in [-0.4, -0.2) is 36.3 Å². The standard InChI is InChI=1S/C28H31N3O3S/c1-3-31-26-10-5-4-9-24(26)25-18-23(11-12-27(25)31)29-28(32)22-13-15-30(16-14-22)35(33,34)19-21-8-6-7-20(2)17-21/h4-12,17-18,22H,3,13-16,19H2,1-2H3,(H,29,32). The molecular weight excluding hydrogens is 458 g/mol. The summed E-state index contributed by atoms with van der Waals surface area (Å²) in [7, 11) is -3.41. The number of carbonyl (C=O) groups is 1. The second-order valence-electron chi connectivity index (χ2n) is 9.40. The lowest BCUT2D eigenvalue weighted by atomic mass is 9.97. The first-order valence-electron chi connectivity index (χ1n) is 12.2. The first-order valence-corrected chi connectivity index (χ1v) is 13.8. The van der Waals surface area contributed by atoms with E-state index in [1.165, 1.54) is 15.2 Å². The maximum Gasteiger partial charge on any atom is 0.227 e. The van der Waals surface area contributed by atoms with Crippen LogP contribution in [0, 0.1) is 12.8 Å². The summed E-state index contributed by atoms with van der Waals surface area (Å²) >= 11 is 0. The van der Waals surface area contributed by atoms with Gasteiger partial charge in [0.05, 0.1) is 5.75 Å². The van der Waals surface area contributed by atoms with Gasteiger partial charge in [0.15, 0.2) is 0 Å². The SMILES string of the molecule is CCn1c2ccccc2c2cc(NC(=O)C3CCN(S(=O)(=O)Cc4cccc(C)c4)CC3)ccc21. The molecule has 0 spiro atoms. The number of rotatable bonds is 6. The summed E-state index contributed by atoms with van der Waals surface area (Å²) in [4.78, 5) is 13.0. The van der Waals surface area contributed by atoms with Crippen molar-refractivity contribution < 1.29 is 13.2 Å². The van der Waals surface area contributed by atoms with Crippen molar-refractivity contribution in [2.75, 3.05) is 18.4 Å². The van der Waals surface area contributed by atoms with Gasteiger partial charge in [-0.1, -0.05) is 48.0 Å². The zero-order valence-electron chi connectivity index (χ0n) is 20.2. The topological polar surface area (TPSA) is 71.4 Å². The lowest BCUT2D eigenvalue weighted by Crippen LogP contribution is -2.41. The van der Waals surface area contributed by atoms with E-state index in [1.54, 1.807) is 0 Å². The molecule has 1 aromatic heterocycles. The molecule has 0 unspecified atom stereocenters. The maximum absolute atomic E-state index is 13.0. The molecular formula is C28H31N3O3S. The quantitative estimate of drug-likeness (QED) is 0.399. The van der Waals surface area contributed by atoms with Crippen molar-refractivity contribution in [1.82, 2.24) is 8.87 Å². The highest BCUT2D eigenvalue weighted by molar-refractivity contribution is 7.88. The summed E-state index contributed by atoms with van der Waals surface area (Å²) in [6.07, 6.45) is 1.05. The van der Waals surface area contributed by atoms with Gasteiger partial charge in [-0.15, -0.1) is 0 Å². The highest BCUT2D eigenvalue weighted by atomic mass is 32.2. The number of fused-ring (bicyclic) bond motifs is 3. The average molecular weight is 490 g/mol. The summed E-state index contributed by atoms with van der Waals surface area (Å²) in [5.74, 6) is -0.246. The van der Waals surface area contributed by atoms with E-state index in [4.69, 9.17) is 0 Å². The minimum atomic E-state index is -3.41. The second-order valence-corrected chi connectivity index (χ2v) is 11.4. The molecule has 0 aliphatic carbocycles. The first-order chi connectivity index (χ1) is 16.9. The van der Waals surface area contributed by atoms with E-state index in [9.17, 15) is 13.2 Å². The third-order valence-electron chi connectivity index (χ3n) is 7.01. The maximum atomic E-state index is 13.0. The van der Waals surface area contributed by atoms with E-state index in [-0.39, 0.29) is 17.6 Å². The van der Waals surface area contributed by atoms with Gasteiger partial charge < -0.3 is 9.88 Å². The Morgan fingerprint density at radius 3 is 2.43 bits per heavy atom. The van der Waals surface area contributed by atoms with Gasteiger partial charge in [0.25, 0.3) is 0 Å². The minimum absolute atomic E-state index is 0.00306. The van der Waals surface area contributed by atoms with Crippen LogP contribution in [0.1, 0.15) is 30.9 Å². The highest BCUT2D eigenvalue weighted by Gasteiger charge is 2.31. The van der Waals surface area contributed by atoms with E-state index in [0.717, 1.165) is 34.3 Å². The van der Waals surface area contributed by atoms with Gasteiger partial charge in [-0.05, 0) is 56.5 Å². The van der Waals surface area contributed by atoms with Crippen molar-refractivity contribution in [1.29, 1.82) is 0 Å². The molecule has 0 saturated carbocycles. The smallest absolute Gasteiger partial charge is 0.227 e. The van der Waals surface area contributed by atoms with Crippen LogP contribution in [0.3, 0.4) is 0 Å². The Hall–Kier alpha value is -3.16. The Kier molecular flexibility index (Phi) is 6.38. The van der Waals surface area contributed by atoms with Crippen LogP contribution < -0.4 is 5.32 Å². The van der Waals surface area contributed by atoms with Crippen LogP contribution in [0.15, 0.2) is 66.7 Å². The fraction of sp³-hybridized carbons (Fsp3) is 0.321. The van der Waals surface area contributed by atoms with Crippen LogP contribution in [0.25, 0.3) is 21.8 Å². The zero-order valence-corrected chi connectivity index (χ0v) is 21.0. The van der Waals surface area contributed by atoms with Crippen molar-refractivity contribution >= 4 is 43.4 Å². The number of sulfonamides is 1. The van der Waals surface area contributed by atoms with E-state index < -0.39 is 10.0 Å². The molecule has 6 nitrogen and oxygen atoms in total. The summed E-state index contributed by atoms with van der Waals surface area (Å²) in [6.45, 7) is 5.71. The van der Waals surface area contributed by atoms with Gasteiger partial charge in [-0.2, -0.15) is 0 Å². The molecule has 0 atom stereocenters. The van der Waals surface area contributed by atoms with Crippen LogP contribution in [-0.2, 0) is 27.1 Å². The molecule has 1 aliphatic rings. The van der Waals surface area contributed by atoms with E-state index in [2.05, 4.69) is 35.0 Å². The normalized spacial score (nSPS) is 15.6. The summed E-state index contributed by atoms with van der Waals surface area (Å²) < 4.78 is 29.6. The van der Waals surface area contributed by atoms with Gasteiger partial charge in [-0.3, -0.25) is 4.79 Å². The molecule has 2 heterocycles. The molecule has 4 aromatic rings. The molecule has 1 fully saturated rings. The number of hydrogen-bond donors (Lipinski definition) is 1. The van der Waals surface area contributed by atoms with Crippen LogP contribution >= 0.6 is 0 Å². The predicted molar refractivity (Wildman–Crippen MR) is 142 cm³/mol. The minimum Gasteiger partial charge on any atom is -0.341 e. The second kappa shape index (κ2) is 9.47. The van der Waals surface area contributed by atoms with Crippen LogP contribution in [0.5, 0.6) is 0 Å². The number of nitrogens with zero attached hydrogens (tertiary/aromatic N) is 2. The molecule has 1 aliphatic heterocycles. The van der Waals surface area contributed by atoms with Crippen molar-refractivity contribution in [3.63, 3.8) is 0 Å². The predicted octanol–water partition coefficient (Wildman–Crippen LogP) is 5.30. The lowest BCUT2D eigenvalue weighted by molar-refractivity contribution is -0.120. The van der Waals surface area contributed by atoms with Crippen molar-refractivity contribution in [2.24, 2.45) is 5.92 Å². The number of carbonyl (C=O) groups excluding carboxylic acids is 1. The Morgan fingerprint density at radius 1 is 0.943 bits per heavy atom. The fourth-order valence-corrected chi connectivity index (χ4v) is 6.77. The number of aryl methyl sites for hydroxylation is 2.